The highest BCUT2D eigenvalue weighted by Crippen LogP contribution is 2.32. The molecule has 0 bridgehead atoms. The van der Waals surface area contributed by atoms with Gasteiger partial charge >= 0.3 is 0 Å². The molecule has 3 rings (SSSR count). The molecule has 1 aliphatic carbocycles. The van der Waals surface area contributed by atoms with E-state index in [2.05, 4.69) is 0 Å². The molecule has 0 saturated carbocycles. The van der Waals surface area contributed by atoms with Crippen LogP contribution in [0.25, 0.3) is 0 Å². The summed E-state index contributed by atoms with van der Waals surface area (Å²) in [6.45, 7) is 0.318. The van der Waals surface area contributed by atoms with Crippen LogP contribution in [0.1, 0.15) is 29.2 Å². The van der Waals surface area contributed by atoms with Crippen molar-refractivity contribution in [3.8, 4) is 5.75 Å². The van der Waals surface area contributed by atoms with Gasteiger partial charge in [0.05, 0.1) is 5.02 Å². The van der Waals surface area contributed by atoms with Crippen molar-refractivity contribution in [3.05, 3.63) is 63.9 Å². The van der Waals surface area contributed by atoms with E-state index in [0.717, 1.165) is 24.2 Å². The predicted octanol–water partition coefficient (Wildman–Crippen LogP) is 4.00. The zero-order valence-electron chi connectivity index (χ0n) is 10.9. The molecule has 0 aromatic heterocycles. The van der Waals surface area contributed by atoms with Crippen LogP contribution in [-0.2, 0) is 13.0 Å². The average Bonchev–Trinajstić information content (AvgIpc) is 2.81. The molecule has 0 saturated heterocycles. The smallest absolute Gasteiger partial charge is 0.142 e. The van der Waals surface area contributed by atoms with E-state index < -0.39 is 5.82 Å². The van der Waals surface area contributed by atoms with Crippen LogP contribution in [0.4, 0.5) is 4.39 Å². The molecule has 2 N–H and O–H groups in total. The minimum atomic E-state index is -0.423. The first kappa shape index (κ1) is 13.4. The molecular formula is C16H15ClFNO. The number of fused-ring (bicyclic) bond motifs is 1. The Morgan fingerprint density at radius 2 is 2.10 bits per heavy atom. The predicted molar refractivity (Wildman–Crippen MR) is 77.4 cm³/mol. The summed E-state index contributed by atoms with van der Waals surface area (Å²) in [6, 6.07) is 10.8. The van der Waals surface area contributed by atoms with Crippen molar-refractivity contribution in [2.45, 2.75) is 25.5 Å². The Kier molecular flexibility index (Phi) is 3.64. The van der Waals surface area contributed by atoms with Gasteiger partial charge in [0.25, 0.3) is 0 Å². The monoisotopic (exact) mass is 291 g/mol. The zero-order valence-corrected chi connectivity index (χ0v) is 11.7. The molecule has 2 aromatic carbocycles. The Balaban J connectivity index is 1.71. The van der Waals surface area contributed by atoms with Gasteiger partial charge in [-0.2, -0.15) is 0 Å². The van der Waals surface area contributed by atoms with Gasteiger partial charge in [0.2, 0.25) is 0 Å². The van der Waals surface area contributed by atoms with Crippen LogP contribution in [0.2, 0.25) is 5.02 Å². The van der Waals surface area contributed by atoms with Crippen LogP contribution in [0, 0.1) is 5.82 Å². The lowest BCUT2D eigenvalue weighted by molar-refractivity contribution is 0.305. The first-order valence-electron chi connectivity index (χ1n) is 6.58. The molecule has 20 heavy (non-hydrogen) atoms. The highest BCUT2D eigenvalue weighted by atomic mass is 35.5. The second-order valence-electron chi connectivity index (χ2n) is 5.04. The van der Waals surface area contributed by atoms with Gasteiger partial charge in [0.1, 0.15) is 18.2 Å². The van der Waals surface area contributed by atoms with Crippen LogP contribution in [0.15, 0.2) is 36.4 Å². The maximum absolute atomic E-state index is 13.3. The van der Waals surface area contributed by atoms with Crippen molar-refractivity contribution >= 4 is 11.6 Å². The fourth-order valence-electron chi connectivity index (χ4n) is 2.51. The molecule has 0 aliphatic heterocycles. The summed E-state index contributed by atoms with van der Waals surface area (Å²) >= 11 is 5.65. The summed E-state index contributed by atoms with van der Waals surface area (Å²) in [5.41, 5.74) is 9.20. The van der Waals surface area contributed by atoms with Crippen molar-refractivity contribution in [1.29, 1.82) is 0 Å². The number of ether oxygens (including phenoxy) is 1. The van der Waals surface area contributed by atoms with E-state index in [1.807, 2.05) is 18.2 Å². The van der Waals surface area contributed by atoms with Gasteiger partial charge in [-0.25, -0.2) is 4.39 Å². The SMILES string of the molecule is N[C@H]1CCc2cc(OCc3ccc(Cl)c(F)c3)ccc21. The number of hydrogen-bond donors (Lipinski definition) is 1. The maximum Gasteiger partial charge on any atom is 0.142 e. The highest BCUT2D eigenvalue weighted by Gasteiger charge is 2.19. The van der Waals surface area contributed by atoms with E-state index in [1.54, 1.807) is 6.07 Å². The standard InChI is InChI=1S/C16H15ClFNO/c17-14-5-1-10(7-15(14)18)9-20-12-3-4-13-11(8-12)2-6-16(13)19/h1,3-5,7-8,16H,2,6,9,19H2/t16-/m0/s1. The van der Waals surface area contributed by atoms with Gasteiger partial charge in [0.15, 0.2) is 0 Å². The van der Waals surface area contributed by atoms with E-state index in [4.69, 9.17) is 22.1 Å². The molecule has 0 heterocycles. The van der Waals surface area contributed by atoms with Crippen LogP contribution < -0.4 is 10.5 Å². The number of benzene rings is 2. The lowest BCUT2D eigenvalue weighted by Gasteiger charge is -2.09. The van der Waals surface area contributed by atoms with E-state index in [-0.39, 0.29) is 11.1 Å². The second kappa shape index (κ2) is 5.43. The zero-order chi connectivity index (χ0) is 14.1. The highest BCUT2D eigenvalue weighted by molar-refractivity contribution is 6.30. The normalized spacial score (nSPS) is 17.1. The van der Waals surface area contributed by atoms with Gasteiger partial charge in [-0.15, -0.1) is 0 Å². The number of rotatable bonds is 3. The Labute approximate surface area is 122 Å². The molecule has 0 radical (unpaired) electrons. The minimum Gasteiger partial charge on any atom is -0.489 e. The van der Waals surface area contributed by atoms with Crippen LogP contribution in [0.5, 0.6) is 5.75 Å². The maximum atomic E-state index is 13.3. The molecule has 2 aromatic rings. The Bertz CT molecular complexity index is 644. The van der Waals surface area contributed by atoms with E-state index >= 15 is 0 Å². The number of halogens is 2. The van der Waals surface area contributed by atoms with Gasteiger partial charge in [-0.05, 0) is 53.8 Å². The molecule has 4 heteroatoms. The molecule has 2 nitrogen and oxygen atoms in total. The largest absolute Gasteiger partial charge is 0.489 e. The molecular weight excluding hydrogens is 277 g/mol. The summed E-state index contributed by atoms with van der Waals surface area (Å²) in [5, 5.41) is 0.125. The van der Waals surface area contributed by atoms with Gasteiger partial charge in [-0.1, -0.05) is 23.7 Å². The lowest BCUT2D eigenvalue weighted by atomic mass is 10.1. The van der Waals surface area contributed by atoms with Crippen molar-refractivity contribution in [2.24, 2.45) is 5.73 Å². The summed E-state index contributed by atoms with van der Waals surface area (Å²) in [5.74, 6) is 0.362. The van der Waals surface area contributed by atoms with Crippen LogP contribution >= 0.6 is 11.6 Å². The third kappa shape index (κ3) is 2.65. The van der Waals surface area contributed by atoms with Crippen molar-refractivity contribution in [2.75, 3.05) is 0 Å². The summed E-state index contributed by atoms with van der Waals surface area (Å²) in [7, 11) is 0. The third-order valence-corrected chi connectivity index (χ3v) is 3.93. The Morgan fingerprint density at radius 3 is 2.90 bits per heavy atom. The number of nitrogens with two attached hydrogens (primary N) is 1. The first-order valence-corrected chi connectivity index (χ1v) is 6.96. The topological polar surface area (TPSA) is 35.2 Å². The molecule has 1 atom stereocenters. The van der Waals surface area contributed by atoms with Crippen LogP contribution in [-0.4, -0.2) is 0 Å². The summed E-state index contributed by atoms with van der Waals surface area (Å²) < 4.78 is 19.0. The summed E-state index contributed by atoms with van der Waals surface area (Å²) in [4.78, 5) is 0. The average molecular weight is 292 g/mol. The Morgan fingerprint density at radius 1 is 1.25 bits per heavy atom. The minimum absolute atomic E-state index is 0.125. The van der Waals surface area contributed by atoms with Crippen LogP contribution in [0.3, 0.4) is 0 Å². The number of aryl methyl sites for hydroxylation is 1. The molecule has 0 unspecified atom stereocenters. The molecule has 104 valence electrons. The van der Waals surface area contributed by atoms with E-state index in [9.17, 15) is 4.39 Å². The van der Waals surface area contributed by atoms with E-state index in [1.165, 1.54) is 23.3 Å². The van der Waals surface area contributed by atoms with Crippen molar-refractivity contribution in [1.82, 2.24) is 0 Å². The van der Waals surface area contributed by atoms with Gasteiger partial charge < -0.3 is 10.5 Å². The van der Waals surface area contributed by atoms with Gasteiger partial charge in [-0.3, -0.25) is 0 Å². The van der Waals surface area contributed by atoms with Gasteiger partial charge in [0, 0.05) is 6.04 Å². The molecule has 0 amide bonds. The van der Waals surface area contributed by atoms with Crippen molar-refractivity contribution < 1.29 is 9.13 Å². The molecule has 0 spiro atoms. The quantitative estimate of drug-likeness (QED) is 0.927. The number of hydrogen-bond acceptors (Lipinski definition) is 2. The lowest BCUT2D eigenvalue weighted by Crippen LogP contribution is -2.05. The molecule has 1 aliphatic rings. The Hall–Kier alpha value is -1.58. The molecule has 0 fully saturated rings. The van der Waals surface area contributed by atoms with E-state index in [0.29, 0.717) is 6.61 Å². The third-order valence-electron chi connectivity index (χ3n) is 3.63. The fraction of sp³-hybridized carbons (Fsp3) is 0.250. The second-order valence-corrected chi connectivity index (χ2v) is 5.45. The van der Waals surface area contributed by atoms with Crippen molar-refractivity contribution in [3.63, 3.8) is 0 Å². The first-order chi connectivity index (χ1) is 9.63. The fourth-order valence-corrected chi connectivity index (χ4v) is 2.63. The summed E-state index contributed by atoms with van der Waals surface area (Å²) in [6.07, 6.45) is 1.98.